The number of hydrogen-bond acceptors (Lipinski definition) is 15. The maximum Gasteiger partial charge on any atom is 0.281 e. The summed E-state index contributed by atoms with van der Waals surface area (Å²) >= 11 is 0. The Labute approximate surface area is 292 Å². The zero-order chi connectivity index (χ0) is 35.1. The second-order valence-electron chi connectivity index (χ2n) is 10.7. The zero-order valence-electron chi connectivity index (χ0n) is 30.8. The van der Waals surface area contributed by atoms with Crippen LogP contribution in [0.5, 0.6) is 0 Å². The third kappa shape index (κ3) is 21.5. The summed E-state index contributed by atoms with van der Waals surface area (Å²) in [6, 6.07) is 0. The molecule has 0 saturated carbocycles. The minimum atomic E-state index is -3.02. The number of rotatable bonds is 36. The van der Waals surface area contributed by atoms with Crippen molar-refractivity contribution in [3.63, 3.8) is 0 Å². The van der Waals surface area contributed by atoms with E-state index in [2.05, 4.69) is 36.0 Å². The van der Waals surface area contributed by atoms with Crippen LogP contribution in [0.25, 0.3) is 0 Å². The van der Waals surface area contributed by atoms with E-state index in [-0.39, 0.29) is 19.8 Å². The third-order valence-electron chi connectivity index (χ3n) is 6.36. The number of ether oxygens (including phenoxy) is 6. The van der Waals surface area contributed by atoms with E-state index >= 15 is 0 Å². The number of nitrogens with zero attached hydrogens (tertiary/aromatic N) is 3. The van der Waals surface area contributed by atoms with Crippen LogP contribution in [0.4, 0.5) is 0 Å². The van der Waals surface area contributed by atoms with E-state index in [0.717, 1.165) is 58.3 Å². The van der Waals surface area contributed by atoms with E-state index in [1.807, 2.05) is 20.8 Å². The van der Waals surface area contributed by atoms with E-state index in [9.17, 15) is 0 Å². The first kappa shape index (κ1) is 46.2. The Balaban J connectivity index is 3.12. The van der Waals surface area contributed by atoms with Crippen LogP contribution < -0.4 is 15.3 Å². The van der Waals surface area contributed by atoms with Gasteiger partial charge in [0.1, 0.15) is 0 Å². The van der Waals surface area contributed by atoms with Crippen LogP contribution in [0.15, 0.2) is 13.5 Å². The fraction of sp³-hybridized carbons (Fsp3) is 1.00. The van der Waals surface area contributed by atoms with Gasteiger partial charge in [-0.15, -0.1) is 0 Å². The van der Waals surface area contributed by atoms with Crippen LogP contribution >= 0.6 is 22.7 Å². The first-order chi connectivity index (χ1) is 23.5. The summed E-state index contributed by atoms with van der Waals surface area (Å²) in [4.78, 5) is 0. The molecule has 0 aromatic carbocycles. The van der Waals surface area contributed by atoms with Gasteiger partial charge in [-0.3, -0.25) is 0 Å². The summed E-state index contributed by atoms with van der Waals surface area (Å²) < 4.78 is 69.2. The smallest absolute Gasteiger partial charge is 0.281 e. The van der Waals surface area contributed by atoms with Crippen LogP contribution in [0.2, 0.25) is 0 Å². The van der Waals surface area contributed by atoms with Gasteiger partial charge >= 0.3 is 0 Å². The monoisotopic (exact) mass is 750 g/mol. The summed E-state index contributed by atoms with van der Waals surface area (Å²) in [7, 11) is -9.06. The highest BCUT2D eigenvalue weighted by molar-refractivity contribution is 7.81. The van der Waals surface area contributed by atoms with Crippen LogP contribution in [0.1, 0.15) is 80.1 Å². The Morgan fingerprint density at radius 2 is 0.562 bits per heavy atom. The molecule has 1 aliphatic heterocycles. The Morgan fingerprint density at radius 1 is 0.333 bits per heavy atom. The molecule has 0 bridgehead atoms. The van der Waals surface area contributed by atoms with E-state index in [1.165, 1.54) is 0 Å². The van der Waals surface area contributed by atoms with Crippen LogP contribution in [0, 0.1) is 0 Å². The quantitative estimate of drug-likeness (QED) is 0.0437. The fourth-order valence-corrected chi connectivity index (χ4v) is 14.6. The van der Waals surface area contributed by atoms with Crippen molar-refractivity contribution in [2.75, 3.05) is 119 Å². The number of hydrogen-bond donors (Lipinski definition) is 3. The van der Waals surface area contributed by atoms with Crippen molar-refractivity contribution in [2.24, 2.45) is 13.5 Å². The first-order valence-corrected chi connectivity index (χ1v) is 22.9. The lowest BCUT2D eigenvalue weighted by Crippen LogP contribution is -2.22. The molecule has 0 saturated heterocycles. The van der Waals surface area contributed by atoms with Gasteiger partial charge in [0, 0.05) is 39.5 Å². The lowest BCUT2D eigenvalue weighted by Gasteiger charge is -2.35. The minimum absolute atomic E-state index is 0.281. The summed E-state index contributed by atoms with van der Waals surface area (Å²) in [5.41, 5.74) is 0. The molecule has 0 fully saturated rings. The Kier molecular flexibility index (Phi) is 29.7. The second-order valence-corrected chi connectivity index (χ2v) is 17.8. The first-order valence-electron chi connectivity index (χ1n) is 18.1. The molecule has 0 amide bonds. The van der Waals surface area contributed by atoms with E-state index < -0.39 is 22.7 Å². The Hall–Kier alpha value is 0.210. The van der Waals surface area contributed by atoms with Gasteiger partial charge < -0.3 is 42.0 Å². The van der Waals surface area contributed by atoms with Gasteiger partial charge in [0.05, 0.1) is 79.3 Å². The highest BCUT2D eigenvalue weighted by Gasteiger charge is 2.39. The largest absolute Gasteiger partial charge is 0.379 e. The van der Waals surface area contributed by atoms with Crippen molar-refractivity contribution in [3.05, 3.63) is 0 Å². The SMILES string of the molecule is CCCCOCCOCCOP1(NCC)=NP(NCC)(OCCOCCOCCCC)=NP(NCC)(OCCOCCOCCCC)=N1. The molecular weight excluding hydrogens is 681 g/mol. The molecule has 0 unspecified atom stereocenters. The summed E-state index contributed by atoms with van der Waals surface area (Å²) in [6.07, 6.45) is 6.45. The lowest BCUT2D eigenvalue weighted by atomic mass is 10.4. The predicted octanol–water partition coefficient (Wildman–Crippen LogP) is 7.22. The molecule has 288 valence electrons. The van der Waals surface area contributed by atoms with Crippen molar-refractivity contribution < 1.29 is 42.0 Å². The van der Waals surface area contributed by atoms with Gasteiger partial charge in [0.2, 0.25) is 0 Å². The predicted molar refractivity (Wildman–Crippen MR) is 197 cm³/mol. The van der Waals surface area contributed by atoms with E-state index in [0.29, 0.717) is 79.1 Å². The van der Waals surface area contributed by atoms with Gasteiger partial charge in [-0.1, -0.05) is 60.8 Å². The van der Waals surface area contributed by atoms with Crippen LogP contribution in [0.3, 0.4) is 0 Å². The molecule has 18 heteroatoms. The lowest BCUT2D eigenvalue weighted by molar-refractivity contribution is 0.0357. The molecule has 1 heterocycles. The average Bonchev–Trinajstić information content (AvgIpc) is 3.06. The molecule has 0 atom stereocenters. The molecule has 15 nitrogen and oxygen atoms in total. The second kappa shape index (κ2) is 30.8. The van der Waals surface area contributed by atoms with Crippen molar-refractivity contribution in [2.45, 2.75) is 80.1 Å². The maximum absolute atomic E-state index is 6.50. The topological polar surface area (TPSA) is 156 Å². The number of nitrogens with one attached hydrogen (secondary N) is 3. The summed E-state index contributed by atoms with van der Waals surface area (Å²) in [5.74, 6) is 0. The maximum atomic E-state index is 6.50. The summed E-state index contributed by atoms with van der Waals surface area (Å²) in [6.45, 7) is 21.5. The number of unbranched alkanes of at least 4 members (excludes halogenated alkanes) is 3. The highest BCUT2D eigenvalue weighted by atomic mass is 31.3. The molecule has 0 aromatic rings. The molecule has 1 aliphatic rings. The average molecular weight is 751 g/mol. The molecular formula is C30H69N6O9P3. The minimum Gasteiger partial charge on any atom is -0.379 e. The molecule has 0 spiro atoms. The standard InChI is InChI=1S/C30H69N6O9P3/c1-7-13-16-37-19-22-40-25-28-43-46(31-10-4)34-47(32-11-5,44-29-26-41-23-20-38-17-14-8-2)36-48(35-46,33-12-6)45-30-27-42-24-21-39-18-15-9-3/h31-33H,7-30H2,1-6H3. The Morgan fingerprint density at radius 3 is 0.792 bits per heavy atom. The zero-order valence-corrected chi connectivity index (χ0v) is 33.5. The van der Waals surface area contributed by atoms with Crippen molar-refractivity contribution in [3.8, 4) is 0 Å². The van der Waals surface area contributed by atoms with Gasteiger partial charge in [0.15, 0.2) is 0 Å². The van der Waals surface area contributed by atoms with Gasteiger partial charge in [-0.25, -0.2) is 15.3 Å². The molecule has 0 radical (unpaired) electrons. The molecule has 0 aromatic heterocycles. The van der Waals surface area contributed by atoms with Crippen molar-refractivity contribution >= 4 is 22.7 Å². The highest BCUT2D eigenvalue weighted by Crippen LogP contribution is 2.75. The fourth-order valence-electron chi connectivity index (χ4n) is 4.02. The third-order valence-corrected chi connectivity index (χ3v) is 16.0. The molecule has 48 heavy (non-hydrogen) atoms. The Bertz CT molecular complexity index is 806. The van der Waals surface area contributed by atoms with Gasteiger partial charge in [-0.2, -0.15) is 13.5 Å². The summed E-state index contributed by atoms with van der Waals surface area (Å²) in [5, 5.41) is 10.4. The van der Waals surface area contributed by atoms with E-state index in [1.54, 1.807) is 0 Å². The van der Waals surface area contributed by atoms with E-state index in [4.69, 9.17) is 55.5 Å². The van der Waals surface area contributed by atoms with Gasteiger partial charge in [0.25, 0.3) is 22.7 Å². The van der Waals surface area contributed by atoms with Crippen molar-refractivity contribution in [1.82, 2.24) is 15.3 Å². The molecule has 1 rings (SSSR count). The van der Waals surface area contributed by atoms with Crippen LogP contribution in [-0.4, -0.2) is 119 Å². The molecule has 0 aliphatic carbocycles. The molecule has 3 N–H and O–H groups in total. The van der Waals surface area contributed by atoms with Crippen molar-refractivity contribution in [1.29, 1.82) is 0 Å². The normalized spacial score (nSPS) is 22.4. The van der Waals surface area contributed by atoms with Crippen LogP contribution in [-0.2, 0) is 42.0 Å². The van der Waals surface area contributed by atoms with Gasteiger partial charge in [-0.05, 0) is 19.3 Å².